The van der Waals surface area contributed by atoms with Crippen LogP contribution in [0.5, 0.6) is 11.5 Å². The average molecular weight is 418 g/mol. The van der Waals surface area contributed by atoms with Gasteiger partial charge in [-0.25, -0.2) is 0 Å². The van der Waals surface area contributed by atoms with Crippen molar-refractivity contribution in [1.29, 1.82) is 0 Å². The number of methoxy groups -OCH3 is 2. The fourth-order valence-corrected chi connectivity index (χ4v) is 4.04. The van der Waals surface area contributed by atoms with Crippen molar-refractivity contribution in [1.82, 2.24) is 4.57 Å². The Morgan fingerprint density at radius 3 is 2.45 bits per heavy atom. The summed E-state index contributed by atoms with van der Waals surface area (Å²) >= 11 is 0. The molecule has 1 N–H and O–H groups in total. The Morgan fingerprint density at radius 2 is 1.74 bits per heavy atom. The van der Waals surface area contributed by atoms with E-state index in [4.69, 9.17) is 14.6 Å². The number of aliphatic hydroxyl groups excluding tert-OH is 1. The minimum absolute atomic E-state index is 0.0491. The van der Waals surface area contributed by atoms with Crippen molar-refractivity contribution in [2.75, 3.05) is 20.8 Å². The highest BCUT2D eigenvalue weighted by Crippen LogP contribution is 2.41. The predicted octanol–water partition coefficient (Wildman–Crippen LogP) is 5.68. The van der Waals surface area contributed by atoms with E-state index < -0.39 is 0 Å². The van der Waals surface area contributed by atoms with Crippen LogP contribution in [-0.4, -0.2) is 30.5 Å². The summed E-state index contributed by atoms with van der Waals surface area (Å²) < 4.78 is 13.4. The summed E-state index contributed by atoms with van der Waals surface area (Å²) in [6.45, 7) is 6.01. The summed E-state index contributed by atoms with van der Waals surface area (Å²) in [4.78, 5) is 0. The fourth-order valence-electron chi connectivity index (χ4n) is 4.04. The molecule has 0 radical (unpaired) electrons. The number of aryl methyl sites for hydroxylation is 1. The van der Waals surface area contributed by atoms with E-state index in [-0.39, 0.29) is 6.61 Å². The highest BCUT2D eigenvalue weighted by molar-refractivity contribution is 5.80. The van der Waals surface area contributed by atoms with E-state index in [9.17, 15) is 0 Å². The van der Waals surface area contributed by atoms with E-state index in [0.717, 1.165) is 35.6 Å². The maximum absolute atomic E-state index is 9.16. The molecule has 0 amide bonds. The SMILES string of the molecule is C=CC.COc1ccc(-c2cc3c(n2C/C=C/CO)CCc2ccccc2-3)c(OC)c1. The van der Waals surface area contributed by atoms with Crippen molar-refractivity contribution in [3.8, 4) is 33.9 Å². The Labute approximate surface area is 185 Å². The first-order valence-electron chi connectivity index (χ1n) is 10.5. The molecule has 1 aliphatic rings. The number of hydrogen-bond acceptors (Lipinski definition) is 3. The molecule has 4 rings (SSSR count). The van der Waals surface area contributed by atoms with Gasteiger partial charge in [0.15, 0.2) is 0 Å². The van der Waals surface area contributed by atoms with Crippen LogP contribution in [0.15, 0.2) is 73.3 Å². The standard InChI is InChI=1S/C24H25NO3.C3H6/c1-27-18-10-11-20(24(15-18)28-2)23-16-21-19-8-4-3-7-17(19)9-12-22(21)25(23)13-5-6-14-26;1-3-2/h3-8,10-11,15-16,26H,9,12-14H2,1-2H3;3H,1H2,2H3/b6-5+;. The van der Waals surface area contributed by atoms with Crippen molar-refractivity contribution in [3.05, 3.63) is 84.6 Å². The Balaban J connectivity index is 0.000000858. The first-order valence-corrected chi connectivity index (χ1v) is 10.5. The number of aromatic nitrogens is 1. The highest BCUT2D eigenvalue weighted by atomic mass is 16.5. The lowest BCUT2D eigenvalue weighted by atomic mass is 9.90. The number of aliphatic hydroxyl groups is 1. The summed E-state index contributed by atoms with van der Waals surface area (Å²) in [7, 11) is 3.35. The van der Waals surface area contributed by atoms with Gasteiger partial charge in [-0.3, -0.25) is 0 Å². The largest absolute Gasteiger partial charge is 0.497 e. The third kappa shape index (κ3) is 4.75. The second kappa shape index (κ2) is 10.7. The molecular weight excluding hydrogens is 386 g/mol. The van der Waals surface area contributed by atoms with Gasteiger partial charge < -0.3 is 19.1 Å². The minimum atomic E-state index is 0.0491. The van der Waals surface area contributed by atoms with E-state index in [1.807, 2.05) is 25.1 Å². The Bertz CT molecular complexity index is 1060. The summed E-state index contributed by atoms with van der Waals surface area (Å²) in [6.07, 6.45) is 7.59. The van der Waals surface area contributed by atoms with Crippen molar-refractivity contribution < 1.29 is 14.6 Å². The lowest BCUT2D eigenvalue weighted by molar-refractivity contribution is 0.342. The average Bonchev–Trinajstić information content (AvgIpc) is 3.18. The van der Waals surface area contributed by atoms with Gasteiger partial charge in [0.2, 0.25) is 0 Å². The molecule has 3 aromatic rings. The quantitative estimate of drug-likeness (QED) is 0.525. The zero-order chi connectivity index (χ0) is 22.2. The van der Waals surface area contributed by atoms with E-state index in [0.29, 0.717) is 6.54 Å². The molecule has 1 heterocycles. The molecule has 4 nitrogen and oxygen atoms in total. The highest BCUT2D eigenvalue weighted by Gasteiger charge is 2.23. The van der Waals surface area contributed by atoms with Gasteiger partial charge in [0, 0.05) is 29.4 Å². The molecule has 1 aromatic heterocycles. The Hall–Kier alpha value is -3.24. The van der Waals surface area contributed by atoms with Crippen molar-refractivity contribution >= 4 is 0 Å². The maximum atomic E-state index is 9.16. The zero-order valence-electron chi connectivity index (χ0n) is 18.6. The molecule has 1 aliphatic carbocycles. The maximum Gasteiger partial charge on any atom is 0.131 e. The zero-order valence-corrected chi connectivity index (χ0v) is 18.6. The number of fused-ring (bicyclic) bond motifs is 3. The van der Waals surface area contributed by atoms with Crippen LogP contribution in [0.3, 0.4) is 0 Å². The number of nitrogens with zero attached hydrogens (tertiary/aromatic N) is 1. The van der Waals surface area contributed by atoms with Gasteiger partial charge in [0.25, 0.3) is 0 Å². The van der Waals surface area contributed by atoms with Crippen LogP contribution in [0, 0.1) is 0 Å². The molecule has 0 bridgehead atoms. The van der Waals surface area contributed by atoms with Crippen LogP contribution in [-0.2, 0) is 19.4 Å². The van der Waals surface area contributed by atoms with Crippen LogP contribution < -0.4 is 9.47 Å². The van der Waals surface area contributed by atoms with Gasteiger partial charge in [0.05, 0.1) is 26.5 Å². The van der Waals surface area contributed by atoms with Gasteiger partial charge in [-0.1, -0.05) is 42.5 Å². The van der Waals surface area contributed by atoms with Gasteiger partial charge >= 0.3 is 0 Å². The van der Waals surface area contributed by atoms with E-state index in [1.165, 1.54) is 22.4 Å². The summed E-state index contributed by atoms with van der Waals surface area (Å²) in [5, 5.41) is 9.16. The second-order valence-electron chi connectivity index (χ2n) is 7.29. The topological polar surface area (TPSA) is 43.6 Å². The molecule has 0 fully saturated rings. The smallest absolute Gasteiger partial charge is 0.131 e. The van der Waals surface area contributed by atoms with Crippen LogP contribution in [0.1, 0.15) is 18.2 Å². The van der Waals surface area contributed by atoms with Gasteiger partial charge in [-0.05, 0) is 49.1 Å². The molecule has 31 heavy (non-hydrogen) atoms. The lowest BCUT2D eigenvalue weighted by Gasteiger charge is -2.19. The lowest BCUT2D eigenvalue weighted by Crippen LogP contribution is -2.09. The van der Waals surface area contributed by atoms with E-state index in [1.54, 1.807) is 26.4 Å². The molecule has 0 saturated carbocycles. The first-order chi connectivity index (χ1) is 15.2. The molecule has 0 atom stereocenters. The van der Waals surface area contributed by atoms with Crippen molar-refractivity contribution in [2.24, 2.45) is 0 Å². The number of allylic oxidation sites excluding steroid dienone is 2. The summed E-state index contributed by atoms with van der Waals surface area (Å²) in [5.74, 6) is 1.56. The van der Waals surface area contributed by atoms with Crippen LogP contribution in [0.4, 0.5) is 0 Å². The number of rotatable bonds is 6. The number of hydrogen-bond donors (Lipinski definition) is 1. The molecule has 0 spiro atoms. The predicted molar refractivity (Wildman–Crippen MR) is 128 cm³/mol. The van der Waals surface area contributed by atoms with Crippen LogP contribution >= 0.6 is 0 Å². The monoisotopic (exact) mass is 417 g/mol. The van der Waals surface area contributed by atoms with Gasteiger partial charge in [-0.2, -0.15) is 0 Å². The third-order valence-electron chi connectivity index (χ3n) is 5.39. The minimum Gasteiger partial charge on any atom is -0.497 e. The molecular formula is C27H31NO3. The van der Waals surface area contributed by atoms with Crippen LogP contribution in [0.25, 0.3) is 22.4 Å². The third-order valence-corrected chi connectivity index (χ3v) is 5.39. The molecule has 0 unspecified atom stereocenters. The first kappa shape index (κ1) is 22.4. The molecule has 2 aromatic carbocycles. The normalized spacial score (nSPS) is 11.9. The van der Waals surface area contributed by atoms with Crippen molar-refractivity contribution in [3.63, 3.8) is 0 Å². The summed E-state index contributed by atoms with van der Waals surface area (Å²) in [6, 6.07) is 16.8. The second-order valence-corrected chi connectivity index (χ2v) is 7.29. The van der Waals surface area contributed by atoms with E-state index in [2.05, 4.69) is 47.5 Å². The summed E-state index contributed by atoms with van der Waals surface area (Å²) in [5.41, 5.74) is 7.46. The molecule has 162 valence electrons. The van der Waals surface area contributed by atoms with Crippen molar-refractivity contribution in [2.45, 2.75) is 26.3 Å². The molecule has 4 heteroatoms. The Morgan fingerprint density at radius 1 is 0.968 bits per heavy atom. The number of benzene rings is 2. The van der Waals surface area contributed by atoms with Gasteiger partial charge in [-0.15, -0.1) is 6.58 Å². The van der Waals surface area contributed by atoms with Gasteiger partial charge in [0.1, 0.15) is 11.5 Å². The number of ether oxygens (including phenoxy) is 2. The molecule has 0 saturated heterocycles. The molecule has 0 aliphatic heterocycles. The van der Waals surface area contributed by atoms with Crippen LogP contribution in [0.2, 0.25) is 0 Å². The Kier molecular flexibility index (Phi) is 7.74. The fraction of sp³-hybridized carbons (Fsp3) is 0.259. The van der Waals surface area contributed by atoms with E-state index >= 15 is 0 Å².